The van der Waals surface area contributed by atoms with E-state index in [0.29, 0.717) is 29.9 Å². The van der Waals surface area contributed by atoms with Gasteiger partial charge in [-0.1, -0.05) is 19.1 Å². The summed E-state index contributed by atoms with van der Waals surface area (Å²) < 4.78 is 41.7. The van der Waals surface area contributed by atoms with Crippen LogP contribution in [0.5, 0.6) is 0 Å². The van der Waals surface area contributed by atoms with E-state index in [1.165, 1.54) is 30.3 Å². The largest absolute Gasteiger partial charge is 0.207 e. The molecule has 3 heteroatoms. The summed E-state index contributed by atoms with van der Waals surface area (Å²) in [5.74, 6) is -1.01. The normalized spacial score (nSPS) is 17.9. The summed E-state index contributed by atoms with van der Waals surface area (Å²) in [5.41, 5.74) is 1.72. The predicted octanol–water partition coefficient (Wildman–Crippen LogP) is 4.90. The van der Waals surface area contributed by atoms with Crippen LogP contribution in [-0.2, 0) is 12.8 Å². The Kier molecular flexibility index (Phi) is 3.28. The Morgan fingerprint density at radius 1 is 1.05 bits per heavy atom. The van der Waals surface area contributed by atoms with Crippen LogP contribution in [0.3, 0.4) is 0 Å². The van der Waals surface area contributed by atoms with E-state index >= 15 is 0 Å². The van der Waals surface area contributed by atoms with Gasteiger partial charge in [-0.15, -0.1) is 0 Å². The molecule has 1 aliphatic rings. The van der Waals surface area contributed by atoms with Gasteiger partial charge >= 0.3 is 0 Å². The highest BCUT2D eigenvalue weighted by Gasteiger charge is 2.24. The first-order valence-corrected chi connectivity index (χ1v) is 6.82. The lowest BCUT2D eigenvalue weighted by Gasteiger charge is -2.23. The van der Waals surface area contributed by atoms with E-state index in [0.717, 1.165) is 12.0 Å². The van der Waals surface area contributed by atoms with Gasteiger partial charge in [0, 0.05) is 0 Å². The summed E-state index contributed by atoms with van der Waals surface area (Å²) in [4.78, 5) is 0. The minimum Gasteiger partial charge on any atom is -0.207 e. The van der Waals surface area contributed by atoms with Crippen molar-refractivity contribution in [3.05, 3.63) is 58.9 Å². The van der Waals surface area contributed by atoms with Crippen molar-refractivity contribution < 1.29 is 13.2 Å². The molecule has 104 valence electrons. The number of rotatable bonds is 1. The number of halogens is 3. The van der Waals surface area contributed by atoms with Crippen LogP contribution in [0.4, 0.5) is 13.2 Å². The third-order valence-corrected chi connectivity index (χ3v) is 4.00. The third kappa shape index (κ3) is 2.21. The van der Waals surface area contributed by atoms with E-state index in [4.69, 9.17) is 0 Å². The minimum atomic E-state index is -0.568. The highest BCUT2D eigenvalue weighted by Crippen LogP contribution is 2.35. The maximum atomic E-state index is 14.6. The van der Waals surface area contributed by atoms with Crippen LogP contribution in [0.15, 0.2) is 30.3 Å². The van der Waals surface area contributed by atoms with Gasteiger partial charge in [0.05, 0.1) is 5.56 Å². The van der Waals surface area contributed by atoms with Crippen molar-refractivity contribution in [2.75, 3.05) is 0 Å². The van der Waals surface area contributed by atoms with E-state index in [2.05, 4.69) is 6.92 Å². The van der Waals surface area contributed by atoms with Gasteiger partial charge < -0.3 is 0 Å². The lowest BCUT2D eigenvalue weighted by Crippen LogP contribution is -2.14. The van der Waals surface area contributed by atoms with Crippen LogP contribution < -0.4 is 0 Å². The molecule has 3 rings (SSSR count). The Labute approximate surface area is 116 Å². The predicted molar refractivity (Wildman–Crippen MR) is 72.9 cm³/mol. The summed E-state index contributed by atoms with van der Waals surface area (Å²) in [6.45, 7) is 2.09. The molecule has 0 heterocycles. The van der Waals surface area contributed by atoms with E-state index < -0.39 is 17.5 Å². The summed E-state index contributed by atoms with van der Waals surface area (Å²) in [6, 6.07) is 6.70. The van der Waals surface area contributed by atoms with E-state index in [1.807, 2.05) is 0 Å². The molecule has 0 spiro atoms. The fourth-order valence-electron chi connectivity index (χ4n) is 2.91. The van der Waals surface area contributed by atoms with Gasteiger partial charge in [0.15, 0.2) is 0 Å². The molecule has 0 radical (unpaired) electrons. The number of hydrogen-bond donors (Lipinski definition) is 0. The first-order valence-electron chi connectivity index (χ1n) is 6.82. The van der Waals surface area contributed by atoms with Gasteiger partial charge in [-0.25, -0.2) is 13.2 Å². The van der Waals surface area contributed by atoms with Crippen molar-refractivity contribution in [1.82, 2.24) is 0 Å². The highest BCUT2D eigenvalue weighted by atomic mass is 19.1. The van der Waals surface area contributed by atoms with E-state index in [1.54, 1.807) is 0 Å². The molecule has 1 unspecified atom stereocenters. The number of hydrogen-bond acceptors (Lipinski definition) is 0. The molecule has 0 N–H and O–H groups in total. The molecule has 20 heavy (non-hydrogen) atoms. The molecule has 0 aromatic heterocycles. The second-order valence-electron chi connectivity index (χ2n) is 5.54. The zero-order valence-electron chi connectivity index (χ0n) is 11.2. The van der Waals surface area contributed by atoms with Crippen molar-refractivity contribution in [1.29, 1.82) is 0 Å². The Bertz CT molecular complexity index is 644. The molecule has 2 aromatic rings. The maximum absolute atomic E-state index is 14.6. The molecule has 1 atom stereocenters. The van der Waals surface area contributed by atoms with Crippen molar-refractivity contribution in [3.63, 3.8) is 0 Å². The van der Waals surface area contributed by atoms with Crippen LogP contribution in [0.2, 0.25) is 0 Å². The summed E-state index contributed by atoms with van der Waals surface area (Å²) >= 11 is 0. The molecule has 0 bridgehead atoms. The molecular formula is C17H15F3. The maximum Gasteiger partial charge on any atom is 0.137 e. The standard InChI is InChI=1S/C17H15F3/c1-10-2-7-14-12(8-10)9-15(19)16(17(14)20)11-3-5-13(18)6-4-11/h3-6,9-10H,2,7-8H2,1H3. The SMILES string of the molecule is CC1CCc2c(cc(F)c(-c3ccc(F)cc3)c2F)C1. The van der Waals surface area contributed by atoms with Gasteiger partial charge in [-0.2, -0.15) is 0 Å². The van der Waals surface area contributed by atoms with Crippen LogP contribution in [0, 0.1) is 23.4 Å². The minimum absolute atomic E-state index is 0.0432. The third-order valence-electron chi connectivity index (χ3n) is 4.00. The van der Waals surface area contributed by atoms with Gasteiger partial charge in [-0.3, -0.25) is 0 Å². The lowest BCUT2D eigenvalue weighted by molar-refractivity contribution is 0.476. The van der Waals surface area contributed by atoms with Crippen molar-refractivity contribution >= 4 is 0 Å². The van der Waals surface area contributed by atoms with Crippen LogP contribution in [-0.4, -0.2) is 0 Å². The first kappa shape index (κ1) is 13.2. The van der Waals surface area contributed by atoms with Gasteiger partial charge in [-0.05, 0) is 60.1 Å². The molecule has 0 aliphatic heterocycles. The summed E-state index contributed by atoms with van der Waals surface area (Å²) in [6.07, 6.45) is 2.27. The molecule has 1 aliphatic carbocycles. The van der Waals surface area contributed by atoms with Gasteiger partial charge in [0.2, 0.25) is 0 Å². The van der Waals surface area contributed by atoms with Crippen LogP contribution in [0.1, 0.15) is 24.5 Å². The lowest BCUT2D eigenvalue weighted by atomic mass is 9.83. The second-order valence-corrected chi connectivity index (χ2v) is 5.54. The molecule has 0 saturated carbocycles. The monoisotopic (exact) mass is 276 g/mol. The average Bonchev–Trinajstić information content (AvgIpc) is 2.40. The van der Waals surface area contributed by atoms with E-state index in [9.17, 15) is 13.2 Å². The zero-order valence-corrected chi connectivity index (χ0v) is 11.2. The Balaban J connectivity index is 2.15. The topological polar surface area (TPSA) is 0 Å². The Hall–Kier alpha value is -1.77. The smallest absolute Gasteiger partial charge is 0.137 e. The molecule has 2 aromatic carbocycles. The Morgan fingerprint density at radius 2 is 1.75 bits per heavy atom. The first-order chi connectivity index (χ1) is 9.56. The quantitative estimate of drug-likeness (QED) is 0.695. The summed E-state index contributed by atoms with van der Waals surface area (Å²) in [7, 11) is 0. The number of fused-ring (bicyclic) bond motifs is 1. The Morgan fingerprint density at radius 3 is 2.45 bits per heavy atom. The molecule has 0 fully saturated rings. The number of benzene rings is 2. The zero-order chi connectivity index (χ0) is 14.3. The van der Waals surface area contributed by atoms with Crippen LogP contribution >= 0.6 is 0 Å². The van der Waals surface area contributed by atoms with Crippen molar-refractivity contribution in [2.24, 2.45) is 5.92 Å². The van der Waals surface area contributed by atoms with Gasteiger partial charge in [0.1, 0.15) is 17.5 Å². The second kappa shape index (κ2) is 4.97. The van der Waals surface area contributed by atoms with E-state index in [-0.39, 0.29) is 5.56 Å². The highest BCUT2D eigenvalue weighted by molar-refractivity contribution is 5.67. The molecule has 0 amide bonds. The molecule has 0 nitrogen and oxygen atoms in total. The average molecular weight is 276 g/mol. The van der Waals surface area contributed by atoms with Gasteiger partial charge in [0.25, 0.3) is 0 Å². The fraction of sp³-hybridized carbons (Fsp3) is 0.294. The fourth-order valence-corrected chi connectivity index (χ4v) is 2.91. The van der Waals surface area contributed by atoms with Crippen molar-refractivity contribution in [3.8, 4) is 11.1 Å². The van der Waals surface area contributed by atoms with Crippen molar-refractivity contribution in [2.45, 2.75) is 26.2 Å². The molecule has 0 saturated heterocycles. The summed E-state index contributed by atoms with van der Waals surface area (Å²) in [5, 5.41) is 0. The molecular weight excluding hydrogens is 261 g/mol. The van der Waals surface area contributed by atoms with Crippen LogP contribution in [0.25, 0.3) is 11.1 Å².